The average molecular weight is 258 g/mol. The summed E-state index contributed by atoms with van der Waals surface area (Å²) < 4.78 is 0. The zero-order chi connectivity index (χ0) is 13.8. The summed E-state index contributed by atoms with van der Waals surface area (Å²) in [5.41, 5.74) is 1.06. The van der Waals surface area contributed by atoms with Gasteiger partial charge in [0.25, 0.3) is 0 Å². The van der Waals surface area contributed by atoms with Crippen molar-refractivity contribution in [2.45, 2.75) is 25.9 Å². The first kappa shape index (κ1) is 13.8. The molecule has 0 aromatic heterocycles. The highest BCUT2D eigenvalue weighted by Crippen LogP contribution is 2.14. The maximum absolute atomic E-state index is 12.3. The largest absolute Gasteiger partial charge is 0.334 e. The van der Waals surface area contributed by atoms with E-state index in [-0.39, 0.29) is 11.9 Å². The SMILES string of the molecule is C[C@@H]1CN(C(=O)C=Cc2ccccc2)[C@@H](C)CN1C. The monoisotopic (exact) mass is 258 g/mol. The van der Waals surface area contributed by atoms with Gasteiger partial charge < -0.3 is 4.90 Å². The lowest BCUT2D eigenvalue weighted by atomic mass is 10.1. The molecule has 0 unspecified atom stereocenters. The van der Waals surface area contributed by atoms with Crippen molar-refractivity contribution in [1.82, 2.24) is 9.80 Å². The molecule has 1 aromatic carbocycles. The molecule has 1 fully saturated rings. The number of rotatable bonds is 2. The molecular formula is C16H22N2O. The van der Waals surface area contributed by atoms with Gasteiger partial charge in [-0.2, -0.15) is 0 Å². The summed E-state index contributed by atoms with van der Waals surface area (Å²) in [6.07, 6.45) is 3.57. The molecule has 19 heavy (non-hydrogen) atoms. The highest BCUT2D eigenvalue weighted by atomic mass is 16.2. The Balaban J connectivity index is 2.02. The Kier molecular flexibility index (Phi) is 4.38. The van der Waals surface area contributed by atoms with Crippen LogP contribution in [-0.2, 0) is 4.79 Å². The van der Waals surface area contributed by atoms with Crippen molar-refractivity contribution >= 4 is 12.0 Å². The Morgan fingerprint density at radius 2 is 1.84 bits per heavy atom. The number of piperazine rings is 1. The molecule has 0 aliphatic carbocycles. The van der Waals surface area contributed by atoms with E-state index in [0.717, 1.165) is 18.7 Å². The van der Waals surface area contributed by atoms with Crippen LogP contribution < -0.4 is 0 Å². The summed E-state index contributed by atoms with van der Waals surface area (Å²) in [5, 5.41) is 0. The van der Waals surface area contributed by atoms with E-state index in [1.165, 1.54) is 0 Å². The van der Waals surface area contributed by atoms with Crippen molar-refractivity contribution in [1.29, 1.82) is 0 Å². The number of hydrogen-bond acceptors (Lipinski definition) is 2. The molecular weight excluding hydrogens is 236 g/mol. The van der Waals surface area contributed by atoms with Crippen LogP contribution in [0.3, 0.4) is 0 Å². The van der Waals surface area contributed by atoms with Gasteiger partial charge in [0.2, 0.25) is 5.91 Å². The quantitative estimate of drug-likeness (QED) is 0.760. The van der Waals surface area contributed by atoms with Crippen LogP contribution in [0.5, 0.6) is 0 Å². The first-order chi connectivity index (χ1) is 9.08. The molecule has 1 amide bonds. The van der Waals surface area contributed by atoms with Gasteiger partial charge in [-0.1, -0.05) is 30.3 Å². The number of benzene rings is 1. The normalized spacial score (nSPS) is 24.9. The van der Waals surface area contributed by atoms with Crippen molar-refractivity contribution in [3.63, 3.8) is 0 Å². The van der Waals surface area contributed by atoms with E-state index in [1.54, 1.807) is 6.08 Å². The van der Waals surface area contributed by atoms with Crippen LogP contribution in [0.25, 0.3) is 6.08 Å². The van der Waals surface area contributed by atoms with Gasteiger partial charge in [0.1, 0.15) is 0 Å². The lowest BCUT2D eigenvalue weighted by molar-refractivity contribution is -0.131. The third-order valence-electron chi connectivity index (χ3n) is 3.80. The second kappa shape index (κ2) is 6.02. The standard InChI is InChI=1S/C16H22N2O/c1-13-12-18(14(2)11-17(13)3)16(19)10-9-15-7-5-4-6-8-15/h4-10,13-14H,11-12H2,1-3H3/t13-,14+/m1/s1. The van der Waals surface area contributed by atoms with Gasteiger partial charge in [-0.3, -0.25) is 9.69 Å². The Morgan fingerprint density at radius 1 is 1.16 bits per heavy atom. The lowest BCUT2D eigenvalue weighted by Gasteiger charge is -2.42. The van der Waals surface area contributed by atoms with E-state index in [2.05, 4.69) is 25.8 Å². The first-order valence-electron chi connectivity index (χ1n) is 6.82. The smallest absolute Gasteiger partial charge is 0.246 e. The number of hydrogen-bond donors (Lipinski definition) is 0. The third kappa shape index (κ3) is 3.44. The maximum atomic E-state index is 12.3. The summed E-state index contributed by atoms with van der Waals surface area (Å²) in [6, 6.07) is 10.6. The molecule has 1 heterocycles. The number of nitrogens with zero attached hydrogens (tertiary/aromatic N) is 2. The molecule has 3 nitrogen and oxygen atoms in total. The fraction of sp³-hybridized carbons (Fsp3) is 0.438. The van der Waals surface area contributed by atoms with E-state index in [9.17, 15) is 4.79 Å². The van der Waals surface area contributed by atoms with Crippen LogP contribution in [-0.4, -0.2) is 47.9 Å². The Hall–Kier alpha value is -1.61. The Morgan fingerprint density at radius 3 is 2.53 bits per heavy atom. The van der Waals surface area contributed by atoms with E-state index in [1.807, 2.05) is 41.3 Å². The Bertz CT molecular complexity index is 455. The van der Waals surface area contributed by atoms with Crippen molar-refractivity contribution in [3.8, 4) is 0 Å². The lowest BCUT2D eigenvalue weighted by Crippen LogP contribution is -2.56. The molecule has 2 rings (SSSR count). The van der Waals surface area contributed by atoms with E-state index in [0.29, 0.717) is 6.04 Å². The molecule has 3 heteroatoms. The first-order valence-corrected chi connectivity index (χ1v) is 6.82. The average Bonchev–Trinajstić information content (AvgIpc) is 2.41. The zero-order valence-electron chi connectivity index (χ0n) is 11.9. The van der Waals surface area contributed by atoms with Crippen molar-refractivity contribution in [2.75, 3.05) is 20.1 Å². The molecule has 0 radical (unpaired) electrons. The van der Waals surface area contributed by atoms with Crippen molar-refractivity contribution in [3.05, 3.63) is 42.0 Å². The number of carbonyl (C=O) groups excluding carboxylic acids is 1. The van der Waals surface area contributed by atoms with Gasteiger partial charge in [-0.05, 0) is 32.5 Å². The molecule has 102 valence electrons. The molecule has 1 aliphatic heterocycles. The van der Waals surface area contributed by atoms with Crippen LogP contribution in [0, 0.1) is 0 Å². The molecule has 1 saturated heterocycles. The van der Waals surface area contributed by atoms with E-state index in [4.69, 9.17) is 0 Å². The third-order valence-corrected chi connectivity index (χ3v) is 3.80. The van der Waals surface area contributed by atoms with Gasteiger partial charge in [-0.15, -0.1) is 0 Å². The van der Waals surface area contributed by atoms with Gasteiger partial charge in [0.15, 0.2) is 0 Å². The molecule has 0 saturated carbocycles. The van der Waals surface area contributed by atoms with Gasteiger partial charge >= 0.3 is 0 Å². The minimum absolute atomic E-state index is 0.108. The van der Waals surface area contributed by atoms with Crippen LogP contribution in [0.1, 0.15) is 19.4 Å². The summed E-state index contributed by atoms with van der Waals surface area (Å²) in [7, 11) is 2.11. The van der Waals surface area contributed by atoms with Gasteiger partial charge in [0.05, 0.1) is 0 Å². The van der Waals surface area contributed by atoms with Crippen LogP contribution >= 0.6 is 0 Å². The fourth-order valence-corrected chi connectivity index (χ4v) is 2.43. The predicted molar refractivity (Wildman–Crippen MR) is 78.7 cm³/mol. The van der Waals surface area contributed by atoms with Crippen LogP contribution in [0.2, 0.25) is 0 Å². The van der Waals surface area contributed by atoms with Crippen molar-refractivity contribution in [2.24, 2.45) is 0 Å². The fourth-order valence-electron chi connectivity index (χ4n) is 2.43. The number of amides is 1. The summed E-state index contributed by atoms with van der Waals surface area (Å²) in [5.74, 6) is 0.108. The van der Waals surface area contributed by atoms with Gasteiger partial charge in [-0.25, -0.2) is 0 Å². The molecule has 0 bridgehead atoms. The van der Waals surface area contributed by atoms with Crippen LogP contribution in [0.4, 0.5) is 0 Å². The van der Waals surface area contributed by atoms with E-state index >= 15 is 0 Å². The Labute approximate surface area is 115 Å². The summed E-state index contributed by atoms with van der Waals surface area (Å²) >= 11 is 0. The molecule has 1 aliphatic rings. The second-order valence-electron chi connectivity index (χ2n) is 5.37. The highest BCUT2D eigenvalue weighted by molar-refractivity contribution is 5.92. The minimum atomic E-state index is 0.108. The number of carbonyl (C=O) groups is 1. The maximum Gasteiger partial charge on any atom is 0.246 e. The number of likely N-dealkylation sites (N-methyl/N-ethyl adjacent to an activating group) is 1. The second-order valence-corrected chi connectivity index (χ2v) is 5.37. The summed E-state index contributed by atoms with van der Waals surface area (Å²) in [6.45, 7) is 6.01. The highest BCUT2D eigenvalue weighted by Gasteiger charge is 2.28. The molecule has 2 atom stereocenters. The van der Waals surface area contributed by atoms with Crippen LogP contribution in [0.15, 0.2) is 36.4 Å². The molecule has 0 spiro atoms. The summed E-state index contributed by atoms with van der Waals surface area (Å²) in [4.78, 5) is 16.5. The topological polar surface area (TPSA) is 23.6 Å². The predicted octanol–water partition coefficient (Wildman–Crippen LogP) is 2.25. The van der Waals surface area contributed by atoms with Crippen molar-refractivity contribution < 1.29 is 4.79 Å². The minimum Gasteiger partial charge on any atom is -0.334 e. The molecule has 1 aromatic rings. The van der Waals surface area contributed by atoms with E-state index < -0.39 is 0 Å². The molecule has 0 N–H and O–H groups in total. The van der Waals surface area contributed by atoms with Gasteiger partial charge in [0, 0.05) is 31.2 Å². The zero-order valence-corrected chi connectivity index (χ0v) is 11.9.